The van der Waals surface area contributed by atoms with Gasteiger partial charge in [0.1, 0.15) is 6.61 Å². The van der Waals surface area contributed by atoms with Crippen LogP contribution in [0.5, 0.6) is 0 Å². The fraction of sp³-hybridized carbons (Fsp3) is 0.333. The first-order valence-electron chi connectivity index (χ1n) is 6.44. The Bertz CT molecular complexity index is 500. The minimum atomic E-state index is -0.891. The van der Waals surface area contributed by atoms with Crippen LogP contribution in [-0.2, 0) is 9.53 Å². The molecule has 5 nitrogen and oxygen atoms in total. The highest BCUT2D eigenvalue weighted by Crippen LogP contribution is 2.33. The molecule has 1 saturated heterocycles. The lowest BCUT2D eigenvalue weighted by Gasteiger charge is -2.15. The van der Waals surface area contributed by atoms with E-state index in [0.29, 0.717) is 6.54 Å². The van der Waals surface area contributed by atoms with E-state index in [1.54, 1.807) is 0 Å². The number of likely N-dealkylation sites (tertiary alicyclic amines) is 1. The Morgan fingerprint density at radius 1 is 1.35 bits per heavy atom. The van der Waals surface area contributed by atoms with Crippen molar-refractivity contribution in [3.8, 4) is 0 Å². The molecular weight excluding hydrogens is 258 g/mol. The van der Waals surface area contributed by atoms with Gasteiger partial charge in [-0.1, -0.05) is 43.0 Å². The van der Waals surface area contributed by atoms with Crippen LogP contribution in [0.15, 0.2) is 43.0 Å². The molecule has 2 atom stereocenters. The Kier molecular flexibility index (Phi) is 4.40. The summed E-state index contributed by atoms with van der Waals surface area (Å²) in [5.74, 6) is -1.70. The maximum Gasteiger partial charge on any atom is 0.410 e. The summed E-state index contributed by atoms with van der Waals surface area (Å²) in [4.78, 5) is 24.6. The highest BCUT2D eigenvalue weighted by molar-refractivity contribution is 5.75. The second kappa shape index (κ2) is 6.23. The Balaban J connectivity index is 2.13. The summed E-state index contributed by atoms with van der Waals surface area (Å²) in [5, 5.41) is 9.33. The molecule has 0 aliphatic carbocycles. The molecule has 1 heterocycles. The van der Waals surface area contributed by atoms with Crippen LogP contribution in [0.4, 0.5) is 4.79 Å². The monoisotopic (exact) mass is 275 g/mol. The molecule has 0 spiro atoms. The van der Waals surface area contributed by atoms with Crippen LogP contribution < -0.4 is 0 Å². The van der Waals surface area contributed by atoms with Crippen LogP contribution in [-0.4, -0.2) is 41.8 Å². The number of carbonyl (C=O) groups excluding carboxylic acids is 1. The molecule has 0 radical (unpaired) electrons. The van der Waals surface area contributed by atoms with E-state index in [0.717, 1.165) is 5.56 Å². The van der Waals surface area contributed by atoms with Gasteiger partial charge >= 0.3 is 12.1 Å². The smallest absolute Gasteiger partial charge is 0.410 e. The van der Waals surface area contributed by atoms with Gasteiger partial charge in [-0.15, -0.1) is 0 Å². The summed E-state index contributed by atoms with van der Waals surface area (Å²) in [6, 6.07) is 9.39. The highest BCUT2D eigenvalue weighted by atomic mass is 16.6. The van der Waals surface area contributed by atoms with E-state index in [4.69, 9.17) is 4.74 Å². The number of amides is 1. The van der Waals surface area contributed by atoms with E-state index >= 15 is 0 Å². The van der Waals surface area contributed by atoms with Crippen molar-refractivity contribution in [2.24, 2.45) is 5.92 Å². The van der Waals surface area contributed by atoms with E-state index < -0.39 is 18.0 Å². The summed E-state index contributed by atoms with van der Waals surface area (Å²) >= 11 is 0. The van der Waals surface area contributed by atoms with Crippen molar-refractivity contribution in [2.45, 2.75) is 5.92 Å². The first-order valence-corrected chi connectivity index (χ1v) is 6.44. The molecule has 0 bridgehead atoms. The zero-order valence-electron chi connectivity index (χ0n) is 11.1. The van der Waals surface area contributed by atoms with Gasteiger partial charge in [-0.25, -0.2) is 4.79 Å². The number of carbonyl (C=O) groups is 2. The normalized spacial score (nSPS) is 21.5. The number of aliphatic carboxylic acids is 1. The van der Waals surface area contributed by atoms with Gasteiger partial charge < -0.3 is 14.7 Å². The van der Waals surface area contributed by atoms with Crippen LogP contribution in [0.2, 0.25) is 0 Å². The molecular formula is C15H17NO4. The fourth-order valence-corrected chi connectivity index (χ4v) is 2.46. The summed E-state index contributed by atoms with van der Waals surface area (Å²) in [7, 11) is 0. The fourth-order valence-electron chi connectivity index (χ4n) is 2.46. The van der Waals surface area contributed by atoms with Crippen LogP contribution >= 0.6 is 0 Å². The van der Waals surface area contributed by atoms with Crippen molar-refractivity contribution in [1.29, 1.82) is 0 Å². The van der Waals surface area contributed by atoms with Crippen LogP contribution in [0, 0.1) is 5.92 Å². The van der Waals surface area contributed by atoms with E-state index in [2.05, 4.69) is 6.58 Å². The average molecular weight is 275 g/mol. The van der Waals surface area contributed by atoms with Gasteiger partial charge in [-0.3, -0.25) is 4.79 Å². The molecule has 0 saturated carbocycles. The van der Waals surface area contributed by atoms with E-state index in [1.165, 1.54) is 11.0 Å². The Morgan fingerprint density at radius 3 is 2.65 bits per heavy atom. The van der Waals surface area contributed by atoms with Crippen molar-refractivity contribution >= 4 is 12.1 Å². The Labute approximate surface area is 117 Å². The average Bonchev–Trinajstić information content (AvgIpc) is 2.91. The summed E-state index contributed by atoms with van der Waals surface area (Å²) in [6.45, 7) is 4.13. The van der Waals surface area contributed by atoms with Gasteiger partial charge in [-0.05, 0) is 5.56 Å². The maximum atomic E-state index is 11.8. The molecule has 1 aliphatic heterocycles. The van der Waals surface area contributed by atoms with Crippen LogP contribution in [0.25, 0.3) is 0 Å². The SMILES string of the molecule is C=CCOC(=O)N1C[C@@H](C(=O)O)[C@H](c2ccccc2)C1. The largest absolute Gasteiger partial charge is 0.481 e. The third-order valence-corrected chi connectivity index (χ3v) is 3.45. The molecule has 1 N–H and O–H groups in total. The second-order valence-corrected chi connectivity index (χ2v) is 4.73. The van der Waals surface area contributed by atoms with Crippen molar-refractivity contribution in [3.63, 3.8) is 0 Å². The Hall–Kier alpha value is -2.30. The molecule has 2 rings (SSSR count). The van der Waals surface area contributed by atoms with E-state index in [-0.39, 0.29) is 19.1 Å². The maximum absolute atomic E-state index is 11.8. The number of benzene rings is 1. The lowest BCUT2D eigenvalue weighted by Crippen LogP contribution is -2.30. The first kappa shape index (κ1) is 14.1. The second-order valence-electron chi connectivity index (χ2n) is 4.73. The Morgan fingerprint density at radius 2 is 2.05 bits per heavy atom. The third-order valence-electron chi connectivity index (χ3n) is 3.45. The molecule has 0 unspecified atom stereocenters. The minimum absolute atomic E-state index is 0.128. The molecule has 1 amide bonds. The molecule has 1 aromatic rings. The van der Waals surface area contributed by atoms with Crippen LogP contribution in [0.3, 0.4) is 0 Å². The van der Waals surface area contributed by atoms with Gasteiger partial charge in [-0.2, -0.15) is 0 Å². The molecule has 1 aliphatic rings. The zero-order valence-corrected chi connectivity index (χ0v) is 11.1. The molecule has 20 heavy (non-hydrogen) atoms. The van der Waals surface area contributed by atoms with Gasteiger partial charge in [0.05, 0.1) is 5.92 Å². The van der Waals surface area contributed by atoms with Gasteiger partial charge in [0.15, 0.2) is 0 Å². The summed E-state index contributed by atoms with van der Waals surface area (Å²) in [6.07, 6.45) is 0.992. The lowest BCUT2D eigenvalue weighted by molar-refractivity contribution is -0.141. The number of ether oxygens (including phenoxy) is 1. The van der Waals surface area contributed by atoms with Crippen molar-refractivity contribution in [1.82, 2.24) is 4.90 Å². The molecule has 5 heteroatoms. The van der Waals surface area contributed by atoms with Crippen molar-refractivity contribution in [3.05, 3.63) is 48.6 Å². The number of rotatable bonds is 4. The molecule has 1 fully saturated rings. The van der Waals surface area contributed by atoms with Gasteiger partial charge in [0.2, 0.25) is 0 Å². The molecule has 106 valence electrons. The quantitative estimate of drug-likeness (QED) is 0.855. The van der Waals surface area contributed by atoms with E-state index in [9.17, 15) is 14.7 Å². The number of carboxylic acids is 1. The minimum Gasteiger partial charge on any atom is -0.481 e. The number of hydrogen-bond acceptors (Lipinski definition) is 3. The number of hydrogen-bond donors (Lipinski definition) is 1. The third kappa shape index (κ3) is 2.99. The summed E-state index contributed by atoms with van der Waals surface area (Å²) in [5.41, 5.74) is 0.930. The predicted molar refractivity (Wildman–Crippen MR) is 73.4 cm³/mol. The van der Waals surface area contributed by atoms with Crippen molar-refractivity contribution < 1.29 is 19.4 Å². The molecule has 0 aromatic heterocycles. The topological polar surface area (TPSA) is 66.8 Å². The zero-order chi connectivity index (χ0) is 14.5. The van der Waals surface area contributed by atoms with Gasteiger partial charge in [0, 0.05) is 19.0 Å². The number of nitrogens with zero attached hydrogens (tertiary/aromatic N) is 1. The first-order chi connectivity index (χ1) is 9.63. The highest BCUT2D eigenvalue weighted by Gasteiger charge is 2.40. The van der Waals surface area contributed by atoms with Crippen LogP contribution in [0.1, 0.15) is 11.5 Å². The van der Waals surface area contributed by atoms with Crippen molar-refractivity contribution in [2.75, 3.05) is 19.7 Å². The standard InChI is InChI=1S/C15H17NO4/c1-2-8-20-15(19)16-9-12(13(10-16)14(17)18)11-6-4-3-5-7-11/h2-7,12-13H,1,8-10H2,(H,17,18)/t12-,13+/m0/s1. The number of carboxylic acid groups (broad SMARTS) is 1. The molecule has 1 aromatic carbocycles. The summed E-state index contributed by atoms with van der Waals surface area (Å²) < 4.78 is 4.96. The van der Waals surface area contributed by atoms with Gasteiger partial charge in [0.25, 0.3) is 0 Å². The predicted octanol–water partition coefficient (Wildman–Crippen LogP) is 2.11. The van der Waals surface area contributed by atoms with E-state index in [1.807, 2.05) is 30.3 Å². The lowest BCUT2D eigenvalue weighted by atomic mass is 9.89.